The Balaban J connectivity index is 1.69. The number of para-hydroxylation sites is 1. The molecule has 3 rings (SSSR count). The maximum atomic E-state index is 12.7. The van der Waals surface area contributed by atoms with Gasteiger partial charge in [-0.3, -0.25) is 0 Å². The van der Waals surface area contributed by atoms with Crippen LogP contribution < -0.4 is 10.5 Å². The van der Waals surface area contributed by atoms with E-state index >= 15 is 0 Å². The normalized spacial score (nSPS) is 12.5. The van der Waals surface area contributed by atoms with Crippen molar-refractivity contribution in [2.45, 2.75) is 48.6 Å². The molecule has 37 heavy (non-hydrogen) atoms. The first-order valence-corrected chi connectivity index (χ1v) is 14.0. The molecule has 0 amide bonds. The summed E-state index contributed by atoms with van der Waals surface area (Å²) in [6.07, 6.45) is -9.67. The molecular formula is C22H26F6N5O2PS. The van der Waals surface area contributed by atoms with Crippen LogP contribution in [0.2, 0.25) is 0 Å². The van der Waals surface area contributed by atoms with Gasteiger partial charge in [0.05, 0.1) is 43.1 Å². The van der Waals surface area contributed by atoms with Crippen molar-refractivity contribution in [1.82, 2.24) is 19.5 Å². The zero-order valence-corrected chi connectivity index (χ0v) is 21.6. The Morgan fingerprint density at radius 2 is 1.73 bits per heavy atom. The predicted octanol–water partition coefficient (Wildman–Crippen LogP) is 6.32. The van der Waals surface area contributed by atoms with Crippen LogP contribution >= 0.6 is 19.7 Å². The fraction of sp³-hybridized carbons (Fsp3) is 0.500. The van der Waals surface area contributed by atoms with E-state index in [4.69, 9.17) is 15.2 Å². The summed E-state index contributed by atoms with van der Waals surface area (Å²) < 4.78 is 88.6. The van der Waals surface area contributed by atoms with Crippen LogP contribution in [0.5, 0.6) is 5.75 Å². The highest BCUT2D eigenvalue weighted by atomic mass is 32.2. The van der Waals surface area contributed by atoms with Crippen LogP contribution in [0.15, 0.2) is 40.5 Å². The first-order chi connectivity index (χ1) is 17.4. The molecule has 0 saturated carbocycles. The lowest BCUT2D eigenvalue weighted by Crippen LogP contribution is -2.22. The lowest BCUT2D eigenvalue weighted by atomic mass is 10.3. The Morgan fingerprint density at radius 1 is 1.03 bits per heavy atom. The number of hydrogen-bond donors (Lipinski definition) is 1. The number of rotatable bonds is 13. The van der Waals surface area contributed by atoms with E-state index in [1.165, 1.54) is 18.1 Å². The largest absolute Gasteiger partial charge is 0.492 e. The van der Waals surface area contributed by atoms with E-state index in [2.05, 4.69) is 21.9 Å². The molecule has 0 saturated heterocycles. The number of halogens is 6. The molecule has 2 N–H and O–H groups in total. The molecule has 1 aromatic carbocycles. The molecule has 0 aliphatic heterocycles. The number of nitrogens with zero attached hydrogens (tertiary/aromatic N) is 4. The van der Waals surface area contributed by atoms with Crippen molar-refractivity contribution in [3.63, 3.8) is 0 Å². The molecule has 3 aromatic rings. The van der Waals surface area contributed by atoms with Gasteiger partial charge in [0.2, 0.25) is 5.95 Å². The average molecular weight is 570 g/mol. The number of nitrogen functional groups attached to an aromatic ring is 1. The number of aromatic nitrogens is 4. The number of anilines is 1. The van der Waals surface area contributed by atoms with Crippen molar-refractivity contribution in [2.24, 2.45) is 0 Å². The number of nitrogens with two attached hydrogens (primary N) is 1. The van der Waals surface area contributed by atoms with Crippen molar-refractivity contribution in [1.29, 1.82) is 0 Å². The second-order valence-electron chi connectivity index (χ2n) is 8.00. The molecule has 0 bridgehead atoms. The summed E-state index contributed by atoms with van der Waals surface area (Å²) in [5.41, 5.74) is 6.72. The van der Waals surface area contributed by atoms with Gasteiger partial charge in [0.15, 0.2) is 5.65 Å². The first kappa shape index (κ1) is 29.2. The van der Waals surface area contributed by atoms with Gasteiger partial charge >= 0.3 is 12.4 Å². The number of fused-ring (bicyclic) bond motifs is 1. The SMILES string of the molecule is CCCCOc1ccccc1Sc1nc(N)nc2c1ncn2CCOCP(CC(F)(F)F)CC(F)(F)F. The van der Waals surface area contributed by atoms with Crippen LogP contribution in [-0.4, -0.2) is 63.8 Å². The van der Waals surface area contributed by atoms with Crippen molar-refractivity contribution < 1.29 is 35.8 Å². The number of alkyl halides is 6. The van der Waals surface area contributed by atoms with E-state index in [1.807, 2.05) is 24.3 Å². The van der Waals surface area contributed by atoms with Gasteiger partial charge < -0.3 is 19.8 Å². The number of imidazole rings is 1. The van der Waals surface area contributed by atoms with Gasteiger partial charge in [-0.1, -0.05) is 45.2 Å². The summed E-state index contributed by atoms with van der Waals surface area (Å²) in [6.45, 7) is 2.61. The number of unbranched alkanes of at least 4 members (excludes halogenated alkanes) is 1. The monoisotopic (exact) mass is 569 g/mol. The van der Waals surface area contributed by atoms with E-state index in [0.717, 1.165) is 17.7 Å². The zero-order chi connectivity index (χ0) is 27.1. The van der Waals surface area contributed by atoms with Gasteiger partial charge in [-0.15, -0.1) is 0 Å². The van der Waals surface area contributed by atoms with Crippen LogP contribution in [-0.2, 0) is 11.3 Å². The molecule has 15 heteroatoms. The third-order valence-electron chi connectivity index (χ3n) is 4.82. The molecule has 2 aromatic heterocycles. The summed E-state index contributed by atoms with van der Waals surface area (Å²) >= 11 is 1.30. The lowest BCUT2D eigenvalue weighted by molar-refractivity contribution is -0.112. The molecule has 204 valence electrons. The fourth-order valence-corrected chi connectivity index (χ4v) is 5.92. The molecule has 0 unspecified atom stereocenters. The second-order valence-corrected chi connectivity index (χ2v) is 11.3. The Hall–Kier alpha value is -2.31. The van der Waals surface area contributed by atoms with Crippen molar-refractivity contribution in [3.8, 4) is 5.75 Å². The molecule has 7 nitrogen and oxygen atoms in total. The maximum absolute atomic E-state index is 12.7. The quantitative estimate of drug-likeness (QED) is 0.112. The highest BCUT2D eigenvalue weighted by Crippen LogP contribution is 2.45. The van der Waals surface area contributed by atoms with E-state index in [9.17, 15) is 26.3 Å². The number of hydrogen-bond acceptors (Lipinski definition) is 7. The maximum Gasteiger partial charge on any atom is 0.392 e. The molecule has 2 heterocycles. The van der Waals surface area contributed by atoms with E-state index < -0.39 is 38.9 Å². The lowest BCUT2D eigenvalue weighted by Gasteiger charge is -2.20. The van der Waals surface area contributed by atoms with Gasteiger partial charge in [0, 0.05) is 6.54 Å². The second kappa shape index (κ2) is 13.0. The average Bonchev–Trinajstić information content (AvgIpc) is 3.18. The Kier molecular flexibility index (Phi) is 10.3. The van der Waals surface area contributed by atoms with Crippen LogP contribution in [0.4, 0.5) is 32.3 Å². The van der Waals surface area contributed by atoms with Crippen molar-refractivity contribution in [3.05, 3.63) is 30.6 Å². The summed E-state index contributed by atoms with van der Waals surface area (Å²) in [7, 11) is -2.45. The fourth-order valence-electron chi connectivity index (χ4n) is 3.26. The summed E-state index contributed by atoms with van der Waals surface area (Å²) in [4.78, 5) is 13.6. The highest BCUT2D eigenvalue weighted by molar-refractivity contribution is 7.99. The Labute approximate surface area is 214 Å². The van der Waals surface area contributed by atoms with Gasteiger partial charge in [-0.25, -0.2) is 9.97 Å². The smallest absolute Gasteiger partial charge is 0.392 e. The third-order valence-corrected chi connectivity index (χ3v) is 8.01. The van der Waals surface area contributed by atoms with Crippen molar-refractivity contribution >= 4 is 36.8 Å². The van der Waals surface area contributed by atoms with Crippen molar-refractivity contribution in [2.75, 3.05) is 37.6 Å². The topological polar surface area (TPSA) is 88.1 Å². The molecule has 0 fully saturated rings. The van der Waals surface area contributed by atoms with Crippen LogP contribution in [0.25, 0.3) is 11.2 Å². The minimum atomic E-state index is -4.69. The summed E-state index contributed by atoms with van der Waals surface area (Å²) in [5, 5.41) is 0.479. The standard InChI is InChI=1S/C22H26F6N5O2PS/c1-2-3-9-35-15-6-4-5-7-16(15)37-19-17-18(31-20(29)32-19)33(13-30-17)8-10-34-14-36(11-21(23,24)25)12-22(26,27)28/h4-7,13H,2-3,8-12,14H2,1H3,(H2,29,31,32). The first-order valence-electron chi connectivity index (χ1n) is 11.3. The van der Waals surface area contributed by atoms with E-state index in [-0.39, 0.29) is 19.1 Å². The van der Waals surface area contributed by atoms with Gasteiger partial charge in [0.1, 0.15) is 16.3 Å². The highest BCUT2D eigenvalue weighted by Gasteiger charge is 2.38. The Bertz CT molecular complexity index is 1140. The van der Waals surface area contributed by atoms with E-state index in [1.54, 1.807) is 4.57 Å². The van der Waals surface area contributed by atoms with Crippen LogP contribution in [0, 0.1) is 0 Å². The predicted molar refractivity (Wildman–Crippen MR) is 130 cm³/mol. The summed E-state index contributed by atoms with van der Waals surface area (Å²) in [6, 6.07) is 7.45. The zero-order valence-electron chi connectivity index (χ0n) is 19.8. The third kappa shape index (κ3) is 9.50. The number of benzene rings is 1. The van der Waals surface area contributed by atoms with Crippen LogP contribution in [0.3, 0.4) is 0 Å². The molecule has 0 spiro atoms. The van der Waals surface area contributed by atoms with Gasteiger partial charge in [-0.05, 0) is 18.6 Å². The molecule has 0 radical (unpaired) electrons. The molecular weight excluding hydrogens is 543 g/mol. The van der Waals surface area contributed by atoms with E-state index in [0.29, 0.717) is 28.5 Å². The molecule has 0 aliphatic rings. The number of ether oxygens (including phenoxy) is 2. The van der Waals surface area contributed by atoms with Crippen LogP contribution in [0.1, 0.15) is 19.8 Å². The minimum Gasteiger partial charge on any atom is -0.492 e. The summed E-state index contributed by atoms with van der Waals surface area (Å²) in [5.74, 6) is 0.675. The van der Waals surface area contributed by atoms with Gasteiger partial charge in [0.25, 0.3) is 0 Å². The van der Waals surface area contributed by atoms with Gasteiger partial charge in [-0.2, -0.15) is 31.3 Å². The molecule has 0 atom stereocenters. The Morgan fingerprint density at radius 3 is 2.41 bits per heavy atom. The minimum absolute atomic E-state index is 0.0130. The molecule has 0 aliphatic carbocycles.